The second kappa shape index (κ2) is 5.54. The Morgan fingerprint density at radius 3 is 2.59 bits per heavy atom. The molecule has 0 N–H and O–H groups in total. The van der Waals surface area contributed by atoms with Gasteiger partial charge in [0.1, 0.15) is 0 Å². The van der Waals surface area contributed by atoms with Crippen LogP contribution in [0.5, 0.6) is 0 Å². The average molecular weight is 229 g/mol. The van der Waals surface area contributed by atoms with Crippen LogP contribution in [0.3, 0.4) is 0 Å². The highest BCUT2D eigenvalue weighted by Gasteiger charge is 2.20. The summed E-state index contributed by atoms with van der Waals surface area (Å²) in [6.45, 7) is 4.54. The van der Waals surface area contributed by atoms with Crippen molar-refractivity contribution in [2.45, 2.75) is 65.2 Å². The molecule has 2 aliphatic carbocycles. The van der Waals surface area contributed by atoms with E-state index in [1.54, 1.807) is 0 Å². The van der Waals surface area contributed by atoms with E-state index in [0.717, 1.165) is 30.8 Å². The second-order valence-electron chi connectivity index (χ2n) is 5.76. The summed E-state index contributed by atoms with van der Waals surface area (Å²) in [6.07, 6.45) is 9.81. The van der Waals surface area contributed by atoms with Gasteiger partial charge in [-0.05, 0) is 63.4 Å². The lowest BCUT2D eigenvalue weighted by Gasteiger charge is -2.25. The van der Waals surface area contributed by atoms with Crippen LogP contribution in [0.2, 0.25) is 0 Å². The lowest BCUT2D eigenvalue weighted by molar-refractivity contribution is 0.450. The lowest BCUT2D eigenvalue weighted by Crippen LogP contribution is -2.09. The quantitative estimate of drug-likeness (QED) is 0.586. The van der Waals surface area contributed by atoms with Gasteiger partial charge in [-0.2, -0.15) is 5.26 Å². The summed E-state index contributed by atoms with van der Waals surface area (Å²) in [7, 11) is 0. The number of rotatable bonds is 1. The van der Waals surface area contributed by atoms with Crippen molar-refractivity contribution in [1.29, 1.82) is 5.26 Å². The van der Waals surface area contributed by atoms with Crippen LogP contribution in [0.25, 0.3) is 0 Å². The average Bonchev–Trinajstić information content (AvgIpc) is 2.33. The predicted molar refractivity (Wildman–Crippen MR) is 71.4 cm³/mol. The van der Waals surface area contributed by atoms with E-state index in [4.69, 9.17) is 0 Å². The Labute approximate surface area is 105 Å². The van der Waals surface area contributed by atoms with E-state index in [1.165, 1.54) is 48.8 Å². The molecule has 92 valence electrons. The van der Waals surface area contributed by atoms with Crippen LogP contribution in [0.4, 0.5) is 0 Å². The Hall–Kier alpha value is -1.03. The van der Waals surface area contributed by atoms with Gasteiger partial charge < -0.3 is 0 Å². The van der Waals surface area contributed by atoms with Crippen molar-refractivity contribution in [3.05, 3.63) is 22.3 Å². The molecule has 0 aliphatic heterocycles. The molecule has 0 aromatic carbocycles. The fourth-order valence-corrected chi connectivity index (χ4v) is 3.27. The van der Waals surface area contributed by atoms with Crippen LogP contribution in [0.1, 0.15) is 65.2 Å². The molecule has 0 bridgehead atoms. The Kier molecular flexibility index (Phi) is 4.05. The van der Waals surface area contributed by atoms with Gasteiger partial charge in [-0.3, -0.25) is 0 Å². The van der Waals surface area contributed by atoms with Crippen LogP contribution in [-0.4, -0.2) is 0 Å². The van der Waals surface area contributed by atoms with E-state index in [1.807, 2.05) is 0 Å². The van der Waals surface area contributed by atoms with Gasteiger partial charge in [0, 0.05) is 0 Å². The number of nitriles is 1. The first-order valence-electron chi connectivity index (χ1n) is 7.03. The third-order valence-electron chi connectivity index (χ3n) is 4.28. The van der Waals surface area contributed by atoms with E-state index in [-0.39, 0.29) is 0 Å². The molecule has 0 saturated heterocycles. The molecule has 1 heteroatoms. The molecular formula is C16H23N. The summed E-state index contributed by atoms with van der Waals surface area (Å²) in [5, 5.41) is 9.49. The minimum Gasteiger partial charge on any atom is -0.192 e. The summed E-state index contributed by atoms with van der Waals surface area (Å²) < 4.78 is 0. The molecule has 1 saturated carbocycles. The van der Waals surface area contributed by atoms with Gasteiger partial charge in [-0.15, -0.1) is 0 Å². The molecule has 0 spiro atoms. The smallest absolute Gasteiger partial charge is 0.0994 e. The van der Waals surface area contributed by atoms with E-state index >= 15 is 0 Å². The van der Waals surface area contributed by atoms with E-state index in [0.29, 0.717) is 0 Å². The maximum absolute atomic E-state index is 9.49. The third kappa shape index (κ3) is 2.80. The van der Waals surface area contributed by atoms with Crippen molar-refractivity contribution in [2.24, 2.45) is 5.92 Å². The molecule has 1 nitrogen and oxygen atoms in total. The molecule has 0 heterocycles. The molecule has 0 aromatic heterocycles. The molecule has 0 amide bonds. The molecule has 2 aliphatic rings. The van der Waals surface area contributed by atoms with Crippen LogP contribution in [0.15, 0.2) is 22.3 Å². The predicted octanol–water partition coefficient (Wildman–Crippen LogP) is 4.91. The normalized spacial score (nSPS) is 28.9. The number of allylic oxidation sites excluding steroid dienone is 4. The number of hydrogen-bond donors (Lipinski definition) is 0. The van der Waals surface area contributed by atoms with Crippen LogP contribution in [-0.2, 0) is 0 Å². The van der Waals surface area contributed by atoms with Crippen molar-refractivity contribution in [3.8, 4) is 6.07 Å². The van der Waals surface area contributed by atoms with Gasteiger partial charge in [0.2, 0.25) is 0 Å². The van der Waals surface area contributed by atoms with E-state index in [9.17, 15) is 5.26 Å². The zero-order valence-corrected chi connectivity index (χ0v) is 11.2. The Bertz CT molecular complexity index is 392. The molecule has 1 atom stereocenters. The largest absolute Gasteiger partial charge is 0.192 e. The van der Waals surface area contributed by atoms with E-state index in [2.05, 4.69) is 19.9 Å². The van der Waals surface area contributed by atoms with Gasteiger partial charge in [0.25, 0.3) is 0 Å². The summed E-state index contributed by atoms with van der Waals surface area (Å²) in [4.78, 5) is 0. The molecule has 17 heavy (non-hydrogen) atoms. The molecule has 0 aromatic rings. The van der Waals surface area contributed by atoms with E-state index < -0.39 is 0 Å². The van der Waals surface area contributed by atoms with Crippen LogP contribution >= 0.6 is 0 Å². The monoisotopic (exact) mass is 229 g/mol. The first kappa shape index (κ1) is 12.4. The molecule has 1 unspecified atom stereocenters. The van der Waals surface area contributed by atoms with Crippen molar-refractivity contribution in [3.63, 3.8) is 0 Å². The first-order chi connectivity index (χ1) is 8.22. The molecular weight excluding hydrogens is 206 g/mol. The maximum Gasteiger partial charge on any atom is 0.0994 e. The van der Waals surface area contributed by atoms with Crippen molar-refractivity contribution in [1.82, 2.24) is 0 Å². The summed E-state index contributed by atoms with van der Waals surface area (Å²) in [6, 6.07) is 2.51. The fourth-order valence-electron chi connectivity index (χ4n) is 3.27. The highest BCUT2D eigenvalue weighted by molar-refractivity contribution is 5.48. The Morgan fingerprint density at radius 1 is 1.18 bits per heavy atom. The summed E-state index contributed by atoms with van der Waals surface area (Å²) in [5.41, 5.74) is 5.37. The minimum atomic E-state index is 0.770. The lowest BCUT2D eigenvalue weighted by atomic mass is 9.80. The second-order valence-corrected chi connectivity index (χ2v) is 5.76. The Morgan fingerprint density at radius 2 is 1.94 bits per heavy atom. The first-order valence-corrected chi connectivity index (χ1v) is 7.03. The molecule has 2 rings (SSSR count). The highest BCUT2D eigenvalue weighted by Crippen LogP contribution is 2.36. The maximum atomic E-state index is 9.49. The Balaban J connectivity index is 2.32. The van der Waals surface area contributed by atoms with Gasteiger partial charge in [-0.25, -0.2) is 0 Å². The molecule has 1 fully saturated rings. The van der Waals surface area contributed by atoms with Crippen LogP contribution < -0.4 is 0 Å². The SMILES string of the molecule is CC1=C(C(C#N)=C2CCCC(C)C2)CCCC1. The van der Waals surface area contributed by atoms with Crippen LogP contribution in [0, 0.1) is 17.2 Å². The standard InChI is InChI=1S/C16H23N/c1-12-6-5-8-14(10-12)16(11-17)15-9-4-3-7-13(15)2/h12H,3-10H2,1-2H3. The highest BCUT2D eigenvalue weighted by atomic mass is 14.3. The molecule has 0 radical (unpaired) electrons. The number of hydrogen-bond acceptors (Lipinski definition) is 1. The van der Waals surface area contributed by atoms with Crippen molar-refractivity contribution in [2.75, 3.05) is 0 Å². The minimum absolute atomic E-state index is 0.770. The number of nitrogens with zero attached hydrogens (tertiary/aromatic N) is 1. The van der Waals surface area contributed by atoms with Gasteiger partial charge in [-0.1, -0.05) is 24.5 Å². The topological polar surface area (TPSA) is 23.8 Å². The zero-order valence-electron chi connectivity index (χ0n) is 11.2. The zero-order chi connectivity index (χ0) is 12.3. The van der Waals surface area contributed by atoms with Crippen molar-refractivity contribution >= 4 is 0 Å². The van der Waals surface area contributed by atoms with Gasteiger partial charge >= 0.3 is 0 Å². The summed E-state index contributed by atoms with van der Waals surface area (Å²) >= 11 is 0. The van der Waals surface area contributed by atoms with Gasteiger partial charge in [0.05, 0.1) is 11.6 Å². The summed E-state index contributed by atoms with van der Waals surface area (Å²) in [5.74, 6) is 0.770. The van der Waals surface area contributed by atoms with Gasteiger partial charge in [0.15, 0.2) is 0 Å². The fraction of sp³-hybridized carbons (Fsp3) is 0.688. The third-order valence-corrected chi connectivity index (χ3v) is 4.28. The van der Waals surface area contributed by atoms with Crippen molar-refractivity contribution < 1.29 is 0 Å².